The number of hydrogen-bond acceptors (Lipinski definition) is 9. The largest absolute Gasteiger partial charge is 0.444 e. The molecule has 1 aromatic carbocycles. The molecule has 0 unspecified atom stereocenters. The zero-order valence-electron chi connectivity index (χ0n) is 33.7. The zero-order valence-corrected chi connectivity index (χ0v) is 36.5. The molecule has 0 spiro atoms. The predicted molar refractivity (Wildman–Crippen MR) is 222 cm³/mol. The second kappa shape index (κ2) is 15.7. The molecule has 2 saturated heterocycles. The van der Waals surface area contributed by atoms with Gasteiger partial charge in [0.1, 0.15) is 36.2 Å². The number of anilines is 1. The fraction of sp³-hybridized carbons (Fsp3) is 0.615. The van der Waals surface area contributed by atoms with E-state index in [2.05, 4.69) is 49.5 Å². The van der Waals surface area contributed by atoms with Crippen molar-refractivity contribution in [1.82, 2.24) is 29.4 Å². The number of carbonyl (C=O) groups is 1. The third-order valence-corrected chi connectivity index (χ3v) is 14.1. The molecule has 294 valence electrons. The molecule has 15 heteroatoms. The van der Waals surface area contributed by atoms with Crippen molar-refractivity contribution < 1.29 is 19.0 Å². The van der Waals surface area contributed by atoms with Crippen LogP contribution in [0.15, 0.2) is 29.3 Å². The highest BCUT2D eigenvalue weighted by atomic mass is 35.5. The monoisotopic (exact) mass is 795 g/mol. The summed E-state index contributed by atoms with van der Waals surface area (Å²) in [4.78, 5) is 44.0. The van der Waals surface area contributed by atoms with Crippen molar-refractivity contribution in [2.45, 2.75) is 142 Å². The Morgan fingerprint density at radius 1 is 0.944 bits per heavy atom. The van der Waals surface area contributed by atoms with Crippen LogP contribution in [0.2, 0.25) is 56.4 Å². The highest BCUT2D eigenvalue weighted by Gasteiger charge is 2.42. The van der Waals surface area contributed by atoms with Gasteiger partial charge in [-0.15, -0.1) is 0 Å². The number of halogens is 1. The van der Waals surface area contributed by atoms with E-state index in [0.717, 1.165) is 49.2 Å². The minimum atomic E-state index is -1.30. The van der Waals surface area contributed by atoms with Gasteiger partial charge in [0.15, 0.2) is 5.65 Å². The molecule has 3 atom stereocenters. The Kier molecular flexibility index (Phi) is 11.7. The van der Waals surface area contributed by atoms with Crippen molar-refractivity contribution in [2.24, 2.45) is 0 Å². The molecule has 54 heavy (non-hydrogen) atoms. The maximum Gasteiger partial charge on any atom is 0.407 e. The van der Waals surface area contributed by atoms with Crippen LogP contribution in [0.4, 0.5) is 10.6 Å². The fourth-order valence-electron chi connectivity index (χ4n) is 7.42. The Bertz CT molecular complexity index is 2050. The number of nitrogens with one attached hydrogen (secondary N) is 1. The van der Waals surface area contributed by atoms with Crippen LogP contribution in [0, 0.1) is 6.92 Å². The first-order chi connectivity index (χ1) is 25.3. The summed E-state index contributed by atoms with van der Waals surface area (Å²) in [6.45, 7) is 23.0. The lowest BCUT2D eigenvalue weighted by molar-refractivity contribution is 0.0492. The molecule has 0 saturated carbocycles. The van der Waals surface area contributed by atoms with Crippen LogP contribution in [-0.2, 0) is 27.7 Å². The highest BCUT2D eigenvalue weighted by Crippen LogP contribution is 2.41. The first kappa shape index (κ1) is 40.4. The summed E-state index contributed by atoms with van der Waals surface area (Å²) in [5.74, 6) is 1.38. The summed E-state index contributed by atoms with van der Waals surface area (Å²) in [6, 6.07) is 6.29. The van der Waals surface area contributed by atoms with Gasteiger partial charge in [-0.05, 0) is 71.5 Å². The number of aryl methyl sites for hydroxylation is 1. The molecular formula is C39H58ClN7O5Si2. The normalized spacial score (nSPS) is 19.2. The maximum absolute atomic E-state index is 14.0. The molecule has 12 nitrogen and oxygen atoms in total. The van der Waals surface area contributed by atoms with E-state index < -0.39 is 21.7 Å². The molecule has 2 aliphatic heterocycles. The van der Waals surface area contributed by atoms with Crippen molar-refractivity contribution in [3.8, 4) is 11.1 Å². The van der Waals surface area contributed by atoms with Crippen LogP contribution < -0.4 is 15.8 Å². The summed E-state index contributed by atoms with van der Waals surface area (Å²) >= 11 is 7.18. The van der Waals surface area contributed by atoms with Crippen molar-refractivity contribution in [3.63, 3.8) is 0 Å². The van der Waals surface area contributed by atoms with Crippen LogP contribution in [0.1, 0.15) is 52.3 Å². The molecule has 2 bridgehead atoms. The van der Waals surface area contributed by atoms with Gasteiger partial charge in [-0.25, -0.2) is 19.7 Å². The van der Waals surface area contributed by atoms with E-state index >= 15 is 0 Å². The molecule has 1 N–H and O–H groups in total. The molecule has 1 amide bonds. The van der Waals surface area contributed by atoms with Crippen molar-refractivity contribution in [3.05, 3.63) is 45.7 Å². The SMILES string of the molecule is Cc1nc2ccc(-c3cn(COCC[Si](C)(C)C)c4nc(N5[C@@H]6CC[C@H]5C[C@@H](NC(=O)OC(C)(C)C)C6)cnc34)c(Cl)c2c(=O)n1COCC[Si](C)(C)C. The highest BCUT2D eigenvalue weighted by molar-refractivity contribution is 6.76. The van der Waals surface area contributed by atoms with E-state index in [1.807, 2.05) is 56.8 Å². The molecular weight excluding hydrogens is 738 g/mol. The van der Waals surface area contributed by atoms with Crippen LogP contribution in [0.25, 0.3) is 33.2 Å². The van der Waals surface area contributed by atoms with E-state index in [1.54, 1.807) is 4.57 Å². The fourth-order valence-corrected chi connectivity index (χ4v) is 9.27. The van der Waals surface area contributed by atoms with E-state index in [0.29, 0.717) is 58.4 Å². The first-order valence-electron chi connectivity index (χ1n) is 19.3. The van der Waals surface area contributed by atoms with E-state index in [4.69, 9.17) is 40.8 Å². The number of fused-ring (bicyclic) bond motifs is 4. The Balaban J connectivity index is 1.33. The third-order valence-electron chi connectivity index (χ3n) is 10.3. The zero-order chi connectivity index (χ0) is 39.2. The molecule has 2 fully saturated rings. The van der Waals surface area contributed by atoms with Gasteiger partial charge in [0.25, 0.3) is 5.56 Å². The second-order valence-corrected chi connectivity index (χ2v) is 30.0. The summed E-state index contributed by atoms with van der Waals surface area (Å²) in [5.41, 5.74) is 2.58. The number of alkyl carbamates (subject to hydrolysis) is 1. The number of amides is 1. The minimum Gasteiger partial charge on any atom is -0.444 e. The topological polar surface area (TPSA) is 126 Å². The molecule has 3 aromatic heterocycles. The van der Waals surface area contributed by atoms with Gasteiger partial charge in [0, 0.05) is 64.8 Å². The molecule has 2 aliphatic rings. The summed E-state index contributed by atoms with van der Waals surface area (Å²) in [7, 11) is -2.58. The molecule has 0 radical (unpaired) electrons. The number of nitrogens with zero attached hydrogens (tertiary/aromatic N) is 6. The summed E-state index contributed by atoms with van der Waals surface area (Å²) < 4.78 is 21.3. The first-order valence-corrected chi connectivity index (χ1v) is 27.1. The maximum atomic E-state index is 14.0. The van der Waals surface area contributed by atoms with E-state index in [-0.39, 0.29) is 36.5 Å². The van der Waals surface area contributed by atoms with Gasteiger partial charge in [-0.1, -0.05) is 56.9 Å². The lowest BCUT2D eigenvalue weighted by Gasteiger charge is -2.39. The molecule has 0 aliphatic carbocycles. The van der Waals surface area contributed by atoms with Gasteiger partial charge in [-0.2, -0.15) is 0 Å². The Morgan fingerprint density at radius 2 is 1.57 bits per heavy atom. The van der Waals surface area contributed by atoms with Crippen molar-refractivity contribution in [1.29, 1.82) is 0 Å². The van der Waals surface area contributed by atoms with Crippen LogP contribution in [-0.4, -0.2) is 83.3 Å². The number of benzene rings is 1. The van der Waals surface area contributed by atoms with Gasteiger partial charge in [0.2, 0.25) is 0 Å². The van der Waals surface area contributed by atoms with E-state index in [9.17, 15) is 9.59 Å². The number of piperidine rings is 1. The molecule has 6 rings (SSSR count). The number of carbonyl (C=O) groups excluding carboxylic acids is 1. The van der Waals surface area contributed by atoms with Crippen LogP contribution in [0.3, 0.4) is 0 Å². The Morgan fingerprint density at radius 3 is 2.19 bits per heavy atom. The minimum absolute atomic E-state index is 0.0372. The average Bonchev–Trinajstić information content (AvgIpc) is 3.53. The molecule has 4 aromatic rings. The standard InChI is InChI=1S/C39H58ClN7O5Si2/c1-25-42-31-14-13-29(34(40)33(31)37(48)46(25)24-51-16-18-54(8,9)10)30-22-45(23-50-15-17-53(5,6)7)36-35(30)41-21-32(44-36)47-27-11-12-28(47)20-26(19-27)43-38(49)52-39(2,3)4/h13-14,21-22,26-28H,11-12,15-20,23-24H2,1-10H3,(H,43,49)/t26-,27+,28-. The number of aromatic nitrogens is 5. The van der Waals surface area contributed by atoms with Gasteiger partial charge >= 0.3 is 6.09 Å². The van der Waals surface area contributed by atoms with Gasteiger partial charge < -0.3 is 29.0 Å². The Hall–Kier alpha value is -3.31. The number of ether oxygens (including phenoxy) is 3. The Labute approximate surface area is 326 Å². The number of hydrogen-bond donors (Lipinski definition) is 1. The quantitative estimate of drug-likeness (QED) is 0.105. The predicted octanol–water partition coefficient (Wildman–Crippen LogP) is 8.42. The lowest BCUT2D eigenvalue weighted by atomic mass is 9.97. The summed E-state index contributed by atoms with van der Waals surface area (Å²) in [6.07, 6.45) is 7.12. The average molecular weight is 797 g/mol. The lowest BCUT2D eigenvalue weighted by Crippen LogP contribution is -2.51. The number of rotatable bonds is 13. The van der Waals surface area contributed by atoms with Crippen molar-refractivity contribution >= 4 is 61.7 Å². The van der Waals surface area contributed by atoms with Crippen LogP contribution in [0.5, 0.6) is 0 Å². The second-order valence-electron chi connectivity index (χ2n) is 18.4. The smallest absolute Gasteiger partial charge is 0.407 e. The van der Waals surface area contributed by atoms with Gasteiger partial charge in [0.05, 0.1) is 22.1 Å². The van der Waals surface area contributed by atoms with Crippen molar-refractivity contribution in [2.75, 3.05) is 18.1 Å². The summed E-state index contributed by atoms with van der Waals surface area (Å²) in [5, 5.41) is 3.78. The van der Waals surface area contributed by atoms with E-state index in [1.165, 1.54) is 0 Å². The van der Waals surface area contributed by atoms with Crippen LogP contribution >= 0.6 is 11.6 Å². The molecule has 5 heterocycles. The van der Waals surface area contributed by atoms with Gasteiger partial charge in [-0.3, -0.25) is 9.36 Å². The third kappa shape index (κ3) is 9.38.